The average molecular weight is 441 g/mol. The highest BCUT2D eigenvalue weighted by Crippen LogP contribution is 2.27. The van der Waals surface area contributed by atoms with Crippen LogP contribution in [-0.4, -0.2) is 48.9 Å². The molecule has 0 bridgehead atoms. The predicted molar refractivity (Wildman–Crippen MR) is 119 cm³/mol. The summed E-state index contributed by atoms with van der Waals surface area (Å²) in [5.74, 6) is 1.05. The van der Waals surface area contributed by atoms with Crippen LogP contribution in [0.15, 0.2) is 53.4 Å². The first-order valence-corrected chi connectivity index (χ1v) is 11.6. The SMILES string of the molecule is Cc1cccc(-c2nc(C)c(C)c(N3CCN(S(=O)(=O)c4ccc(F)cc4)CC3)n2)c1. The Labute approximate surface area is 182 Å². The Morgan fingerprint density at radius 2 is 1.58 bits per heavy atom. The lowest BCUT2D eigenvalue weighted by Crippen LogP contribution is -2.49. The fourth-order valence-corrected chi connectivity index (χ4v) is 5.15. The van der Waals surface area contributed by atoms with Crippen LogP contribution in [0.2, 0.25) is 0 Å². The number of sulfonamides is 1. The molecular formula is C23H25FN4O2S. The van der Waals surface area contributed by atoms with E-state index in [1.165, 1.54) is 28.6 Å². The number of rotatable bonds is 4. The number of anilines is 1. The normalized spacial score (nSPS) is 15.3. The molecule has 8 heteroatoms. The van der Waals surface area contributed by atoms with E-state index in [-0.39, 0.29) is 4.90 Å². The molecule has 1 saturated heterocycles. The van der Waals surface area contributed by atoms with Crippen LogP contribution in [0.4, 0.5) is 10.2 Å². The topological polar surface area (TPSA) is 66.4 Å². The highest BCUT2D eigenvalue weighted by Gasteiger charge is 2.30. The summed E-state index contributed by atoms with van der Waals surface area (Å²) in [5.41, 5.74) is 4.00. The van der Waals surface area contributed by atoms with Crippen LogP contribution in [0.1, 0.15) is 16.8 Å². The van der Waals surface area contributed by atoms with E-state index in [4.69, 9.17) is 4.98 Å². The molecular weight excluding hydrogens is 415 g/mol. The van der Waals surface area contributed by atoms with Gasteiger partial charge in [0.15, 0.2) is 5.82 Å². The molecule has 1 fully saturated rings. The maximum atomic E-state index is 13.2. The van der Waals surface area contributed by atoms with Crippen molar-refractivity contribution < 1.29 is 12.8 Å². The highest BCUT2D eigenvalue weighted by molar-refractivity contribution is 7.89. The van der Waals surface area contributed by atoms with Gasteiger partial charge in [0.1, 0.15) is 11.6 Å². The number of hydrogen-bond acceptors (Lipinski definition) is 5. The quantitative estimate of drug-likeness (QED) is 0.619. The molecule has 1 aliphatic rings. The van der Waals surface area contributed by atoms with Gasteiger partial charge in [0.25, 0.3) is 0 Å². The van der Waals surface area contributed by atoms with Crippen molar-refractivity contribution in [1.82, 2.24) is 14.3 Å². The Hall–Kier alpha value is -2.84. The molecule has 1 aliphatic heterocycles. The van der Waals surface area contributed by atoms with Crippen LogP contribution in [0.25, 0.3) is 11.4 Å². The van der Waals surface area contributed by atoms with Crippen molar-refractivity contribution in [3.8, 4) is 11.4 Å². The second-order valence-corrected chi connectivity index (χ2v) is 9.73. The van der Waals surface area contributed by atoms with Crippen molar-refractivity contribution in [2.75, 3.05) is 31.1 Å². The Bertz CT molecular complexity index is 1200. The van der Waals surface area contributed by atoms with Crippen molar-refractivity contribution in [2.24, 2.45) is 0 Å². The third-order valence-corrected chi connectivity index (χ3v) is 7.54. The lowest BCUT2D eigenvalue weighted by atomic mass is 10.1. The van der Waals surface area contributed by atoms with Crippen molar-refractivity contribution >= 4 is 15.8 Å². The second kappa shape index (κ2) is 8.36. The summed E-state index contributed by atoms with van der Waals surface area (Å²) in [6, 6.07) is 13.0. The van der Waals surface area contributed by atoms with E-state index in [1.54, 1.807) is 0 Å². The summed E-state index contributed by atoms with van der Waals surface area (Å²) >= 11 is 0. The smallest absolute Gasteiger partial charge is 0.243 e. The standard InChI is InChI=1S/C23H25FN4O2S/c1-16-5-4-6-19(15-16)22-25-18(3)17(2)23(26-22)27-11-13-28(14-12-27)31(29,30)21-9-7-20(24)8-10-21/h4-10,15H,11-14H2,1-3H3. The molecule has 31 heavy (non-hydrogen) atoms. The third-order valence-electron chi connectivity index (χ3n) is 5.63. The zero-order valence-electron chi connectivity index (χ0n) is 17.8. The van der Waals surface area contributed by atoms with Crippen molar-refractivity contribution in [3.63, 3.8) is 0 Å². The fraction of sp³-hybridized carbons (Fsp3) is 0.304. The predicted octanol–water partition coefficient (Wildman–Crippen LogP) is 3.72. The molecule has 6 nitrogen and oxygen atoms in total. The van der Waals surface area contributed by atoms with Crippen molar-refractivity contribution in [1.29, 1.82) is 0 Å². The average Bonchev–Trinajstić information content (AvgIpc) is 2.76. The number of aromatic nitrogens is 2. The molecule has 1 aromatic heterocycles. The zero-order chi connectivity index (χ0) is 22.2. The van der Waals surface area contributed by atoms with Gasteiger partial charge in [-0.25, -0.2) is 22.8 Å². The van der Waals surface area contributed by atoms with Crippen LogP contribution < -0.4 is 4.90 Å². The van der Waals surface area contributed by atoms with Crippen molar-refractivity contribution in [2.45, 2.75) is 25.7 Å². The largest absolute Gasteiger partial charge is 0.354 e. The van der Waals surface area contributed by atoms with Gasteiger partial charge in [0.2, 0.25) is 10.0 Å². The second-order valence-electron chi connectivity index (χ2n) is 7.80. The van der Waals surface area contributed by atoms with E-state index in [1.807, 2.05) is 39.0 Å². The van der Waals surface area contributed by atoms with E-state index < -0.39 is 15.8 Å². The number of aryl methyl sites for hydroxylation is 2. The minimum absolute atomic E-state index is 0.109. The molecule has 0 radical (unpaired) electrons. The molecule has 0 N–H and O–H groups in total. The summed E-state index contributed by atoms with van der Waals surface area (Å²) in [5, 5.41) is 0. The summed E-state index contributed by atoms with van der Waals surface area (Å²) in [7, 11) is -3.65. The highest BCUT2D eigenvalue weighted by atomic mass is 32.2. The monoisotopic (exact) mass is 440 g/mol. The maximum Gasteiger partial charge on any atom is 0.243 e. The minimum Gasteiger partial charge on any atom is -0.354 e. The van der Waals surface area contributed by atoms with Crippen molar-refractivity contribution in [3.05, 3.63) is 71.2 Å². The third kappa shape index (κ3) is 4.31. The Morgan fingerprint density at radius 1 is 0.903 bits per heavy atom. The molecule has 0 amide bonds. The summed E-state index contributed by atoms with van der Waals surface area (Å²) in [4.78, 5) is 11.7. The Kier molecular flexibility index (Phi) is 5.77. The van der Waals surface area contributed by atoms with Crippen LogP contribution in [-0.2, 0) is 10.0 Å². The summed E-state index contributed by atoms with van der Waals surface area (Å²) in [6.45, 7) is 7.70. The van der Waals surface area contributed by atoms with Crippen LogP contribution in [0.5, 0.6) is 0 Å². The first-order valence-electron chi connectivity index (χ1n) is 10.2. The van der Waals surface area contributed by atoms with E-state index in [9.17, 15) is 12.8 Å². The van der Waals surface area contributed by atoms with Gasteiger partial charge >= 0.3 is 0 Å². The van der Waals surface area contributed by atoms with Gasteiger partial charge in [-0.15, -0.1) is 0 Å². The number of benzene rings is 2. The van der Waals surface area contributed by atoms with Gasteiger partial charge in [-0.3, -0.25) is 0 Å². The first-order chi connectivity index (χ1) is 14.8. The Morgan fingerprint density at radius 3 is 2.23 bits per heavy atom. The van der Waals surface area contributed by atoms with E-state index in [2.05, 4.69) is 16.0 Å². The molecule has 162 valence electrons. The first kappa shape index (κ1) is 21.4. The van der Waals surface area contributed by atoms with Gasteiger partial charge in [-0.2, -0.15) is 4.31 Å². The van der Waals surface area contributed by atoms with Gasteiger partial charge in [-0.1, -0.05) is 23.8 Å². The lowest BCUT2D eigenvalue weighted by Gasteiger charge is -2.35. The molecule has 0 spiro atoms. The zero-order valence-corrected chi connectivity index (χ0v) is 18.7. The van der Waals surface area contributed by atoms with Gasteiger partial charge < -0.3 is 4.90 Å². The molecule has 2 aromatic carbocycles. The molecule has 0 aliphatic carbocycles. The molecule has 0 unspecified atom stereocenters. The van der Waals surface area contributed by atoms with Gasteiger partial charge in [-0.05, 0) is 51.1 Å². The number of halogens is 1. The molecule has 4 rings (SSSR count). The van der Waals surface area contributed by atoms with Crippen LogP contribution in [0.3, 0.4) is 0 Å². The number of hydrogen-bond donors (Lipinski definition) is 0. The summed E-state index contributed by atoms with van der Waals surface area (Å²) < 4.78 is 40.4. The summed E-state index contributed by atoms with van der Waals surface area (Å²) in [6.07, 6.45) is 0. The molecule has 0 saturated carbocycles. The van der Waals surface area contributed by atoms with E-state index in [0.29, 0.717) is 32.0 Å². The molecule has 2 heterocycles. The lowest BCUT2D eigenvalue weighted by molar-refractivity contribution is 0.383. The minimum atomic E-state index is -3.65. The van der Waals surface area contributed by atoms with Crippen LogP contribution >= 0.6 is 0 Å². The number of piperazine rings is 1. The van der Waals surface area contributed by atoms with E-state index >= 15 is 0 Å². The van der Waals surface area contributed by atoms with Gasteiger partial charge in [0, 0.05) is 43.0 Å². The fourth-order valence-electron chi connectivity index (χ4n) is 3.73. The van der Waals surface area contributed by atoms with Crippen LogP contribution in [0, 0.1) is 26.6 Å². The maximum absolute atomic E-state index is 13.2. The number of nitrogens with zero attached hydrogens (tertiary/aromatic N) is 4. The molecule has 3 aromatic rings. The van der Waals surface area contributed by atoms with E-state index in [0.717, 1.165) is 28.2 Å². The molecule has 0 atom stereocenters. The van der Waals surface area contributed by atoms with Gasteiger partial charge in [0.05, 0.1) is 4.90 Å². The Balaban J connectivity index is 1.57.